The normalized spacial score (nSPS) is 16.9. The number of aromatic nitrogens is 1. The molecule has 0 amide bonds. The molecule has 0 radical (unpaired) electrons. The van der Waals surface area contributed by atoms with Crippen LogP contribution in [0.4, 0.5) is 11.5 Å². The molecule has 20 heavy (non-hydrogen) atoms. The first-order valence-electron chi connectivity index (χ1n) is 7.64. The summed E-state index contributed by atoms with van der Waals surface area (Å²) in [5, 5.41) is 0. The summed E-state index contributed by atoms with van der Waals surface area (Å²) in [5.74, 6) is 1.04. The Hall–Kier alpha value is -1.33. The second-order valence-corrected chi connectivity index (χ2v) is 5.31. The standard InChI is InChI=1S/C15H27N5/c1-3-18(4-2)7-8-19-9-11-20(12-10-19)15-6-5-14(16)13-17-15/h5-6,13H,3-4,7-12,16H2,1-2H3. The number of rotatable bonds is 6. The number of piperazine rings is 1. The molecular weight excluding hydrogens is 250 g/mol. The van der Waals surface area contributed by atoms with Gasteiger partial charge >= 0.3 is 0 Å². The average molecular weight is 277 g/mol. The largest absolute Gasteiger partial charge is 0.397 e. The first-order valence-corrected chi connectivity index (χ1v) is 7.64. The van der Waals surface area contributed by atoms with Gasteiger partial charge in [-0.1, -0.05) is 13.8 Å². The van der Waals surface area contributed by atoms with Crippen molar-refractivity contribution in [2.45, 2.75) is 13.8 Å². The van der Waals surface area contributed by atoms with E-state index in [2.05, 4.69) is 33.5 Å². The molecule has 0 aliphatic carbocycles. The van der Waals surface area contributed by atoms with E-state index in [1.54, 1.807) is 6.20 Å². The van der Waals surface area contributed by atoms with E-state index in [9.17, 15) is 0 Å². The zero-order chi connectivity index (χ0) is 14.4. The van der Waals surface area contributed by atoms with Crippen LogP contribution in [0.5, 0.6) is 0 Å². The summed E-state index contributed by atoms with van der Waals surface area (Å²) in [7, 11) is 0. The van der Waals surface area contributed by atoms with Crippen molar-refractivity contribution in [3.8, 4) is 0 Å². The second kappa shape index (κ2) is 7.45. The van der Waals surface area contributed by atoms with Gasteiger partial charge in [0, 0.05) is 39.3 Å². The van der Waals surface area contributed by atoms with Gasteiger partial charge in [-0.25, -0.2) is 4.98 Å². The lowest BCUT2D eigenvalue weighted by Crippen LogP contribution is -2.48. The molecule has 5 nitrogen and oxygen atoms in total. The Bertz CT molecular complexity index is 380. The highest BCUT2D eigenvalue weighted by Crippen LogP contribution is 2.14. The third-order valence-electron chi connectivity index (χ3n) is 4.09. The highest BCUT2D eigenvalue weighted by Gasteiger charge is 2.17. The van der Waals surface area contributed by atoms with Crippen LogP contribution < -0.4 is 10.6 Å². The molecule has 1 aliphatic rings. The van der Waals surface area contributed by atoms with Gasteiger partial charge in [0.1, 0.15) is 5.82 Å². The quantitative estimate of drug-likeness (QED) is 0.844. The van der Waals surface area contributed by atoms with Gasteiger partial charge in [-0.15, -0.1) is 0 Å². The molecule has 1 aromatic heterocycles. The highest BCUT2D eigenvalue weighted by atomic mass is 15.3. The van der Waals surface area contributed by atoms with Gasteiger partial charge in [0.25, 0.3) is 0 Å². The van der Waals surface area contributed by atoms with Crippen LogP contribution in [0, 0.1) is 0 Å². The highest BCUT2D eigenvalue weighted by molar-refractivity contribution is 5.46. The van der Waals surface area contributed by atoms with Crippen molar-refractivity contribution in [3.63, 3.8) is 0 Å². The van der Waals surface area contributed by atoms with Crippen LogP contribution in [0.3, 0.4) is 0 Å². The van der Waals surface area contributed by atoms with Crippen LogP contribution in [-0.4, -0.2) is 67.1 Å². The summed E-state index contributed by atoms with van der Waals surface area (Å²) >= 11 is 0. The summed E-state index contributed by atoms with van der Waals surface area (Å²) in [4.78, 5) is 11.8. The van der Waals surface area contributed by atoms with Crippen LogP contribution >= 0.6 is 0 Å². The molecule has 1 aromatic rings. The summed E-state index contributed by atoms with van der Waals surface area (Å²) in [5.41, 5.74) is 6.41. The maximum Gasteiger partial charge on any atom is 0.128 e. The van der Waals surface area contributed by atoms with E-state index >= 15 is 0 Å². The molecule has 5 heteroatoms. The topological polar surface area (TPSA) is 48.6 Å². The Labute approximate surface area is 122 Å². The molecule has 0 spiro atoms. The third-order valence-corrected chi connectivity index (χ3v) is 4.09. The van der Waals surface area contributed by atoms with Crippen molar-refractivity contribution in [1.82, 2.24) is 14.8 Å². The molecule has 2 rings (SSSR count). The number of nitrogen functional groups attached to an aromatic ring is 1. The van der Waals surface area contributed by atoms with Gasteiger partial charge in [-0.3, -0.25) is 4.90 Å². The molecule has 2 heterocycles. The van der Waals surface area contributed by atoms with E-state index < -0.39 is 0 Å². The van der Waals surface area contributed by atoms with Crippen molar-refractivity contribution in [2.24, 2.45) is 0 Å². The summed E-state index contributed by atoms with van der Waals surface area (Å²) in [6.45, 7) is 13.4. The predicted molar refractivity (Wildman–Crippen MR) is 85.1 cm³/mol. The Morgan fingerprint density at radius 3 is 2.40 bits per heavy atom. The van der Waals surface area contributed by atoms with E-state index in [1.165, 1.54) is 13.1 Å². The van der Waals surface area contributed by atoms with E-state index in [-0.39, 0.29) is 0 Å². The fourth-order valence-corrected chi connectivity index (χ4v) is 2.61. The number of nitrogens with zero attached hydrogens (tertiary/aromatic N) is 4. The van der Waals surface area contributed by atoms with E-state index in [1.807, 2.05) is 12.1 Å². The zero-order valence-electron chi connectivity index (χ0n) is 12.8. The average Bonchev–Trinajstić information content (AvgIpc) is 2.50. The van der Waals surface area contributed by atoms with Crippen molar-refractivity contribution < 1.29 is 0 Å². The first-order chi connectivity index (χ1) is 9.72. The minimum absolute atomic E-state index is 0.728. The maximum atomic E-state index is 5.68. The van der Waals surface area contributed by atoms with Gasteiger partial charge in [-0.05, 0) is 25.2 Å². The van der Waals surface area contributed by atoms with Gasteiger partial charge in [0.15, 0.2) is 0 Å². The van der Waals surface area contributed by atoms with Gasteiger partial charge < -0.3 is 15.5 Å². The fourth-order valence-electron chi connectivity index (χ4n) is 2.61. The molecule has 2 N–H and O–H groups in total. The molecule has 112 valence electrons. The number of pyridine rings is 1. The monoisotopic (exact) mass is 277 g/mol. The number of likely N-dealkylation sites (N-methyl/N-ethyl adjacent to an activating group) is 1. The van der Waals surface area contributed by atoms with Crippen LogP contribution in [0.2, 0.25) is 0 Å². The molecule has 0 saturated carbocycles. The first kappa shape index (κ1) is 15.1. The van der Waals surface area contributed by atoms with E-state index in [0.29, 0.717) is 0 Å². The molecule has 0 atom stereocenters. The molecule has 0 bridgehead atoms. The van der Waals surface area contributed by atoms with Crippen molar-refractivity contribution in [3.05, 3.63) is 18.3 Å². The smallest absolute Gasteiger partial charge is 0.128 e. The van der Waals surface area contributed by atoms with Gasteiger partial charge in [0.2, 0.25) is 0 Å². The molecule has 1 saturated heterocycles. The minimum atomic E-state index is 0.728. The van der Waals surface area contributed by atoms with Crippen LogP contribution in [0.1, 0.15) is 13.8 Å². The number of nitrogens with two attached hydrogens (primary N) is 1. The lowest BCUT2D eigenvalue weighted by Gasteiger charge is -2.36. The lowest BCUT2D eigenvalue weighted by molar-refractivity contribution is 0.205. The lowest BCUT2D eigenvalue weighted by atomic mass is 10.3. The van der Waals surface area contributed by atoms with Crippen LogP contribution in [-0.2, 0) is 0 Å². The van der Waals surface area contributed by atoms with Crippen molar-refractivity contribution >= 4 is 11.5 Å². The molecule has 1 fully saturated rings. The molecule has 0 aromatic carbocycles. The minimum Gasteiger partial charge on any atom is -0.397 e. The summed E-state index contributed by atoms with van der Waals surface area (Å²) in [6.07, 6.45) is 1.74. The molecule has 1 aliphatic heterocycles. The molecular formula is C15H27N5. The zero-order valence-corrected chi connectivity index (χ0v) is 12.8. The van der Waals surface area contributed by atoms with E-state index in [4.69, 9.17) is 5.73 Å². The Morgan fingerprint density at radius 1 is 1.15 bits per heavy atom. The second-order valence-electron chi connectivity index (χ2n) is 5.31. The Balaban J connectivity index is 1.76. The number of anilines is 2. The van der Waals surface area contributed by atoms with Crippen molar-refractivity contribution in [2.75, 3.05) is 63.0 Å². The SMILES string of the molecule is CCN(CC)CCN1CCN(c2ccc(N)cn2)CC1. The Morgan fingerprint density at radius 2 is 1.85 bits per heavy atom. The Kier molecular flexibility index (Phi) is 5.61. The summed E-state index contributed by atoms with van der Waals surface area (Å²) < 4.78 is 0. The van der Waals surface area contributed by atoms with E-state index in [0.717, 1.165) is 50.8 Å². The van der Waals surface area contributed by atoms with Gasteiger partial charge in [0.05, 0.1) is 11.9 Å². The maximum absolute atomic E-state index is 5.68. The third kappa shape index (κ3) is 4.08. The van der Waals surface area contributed by atoms with Gasteiger partial charge in [-0.2, -0.15) is 0 Å². The summed E-state index contributed by atoms with van der Waals surface area (Å²) in [6, 6.07) is 3.94. The predicted octanol–water partition coefficient (Wildman–Crippen LogP) is 1.13. The number of hydrogen-bond donors (Lipinski definition) is 1. The number of hydrogen-bond acceptors (Lipinski definition) is 5. The van der Waals surface area contributed by atoms with Crippen LogP contribution in [0.25, 0.3) is 0 Å². The molecule has 0 unspecified atom stereocenters. The fraction of sp³-hybridized carbons (Fsp3) is 0.667. The van der Waals surface area contributed by atoms with Crippen LogP contribution in [0.15, 0.2) is 18.3 Å². The van der Waals surface area contributed by atoms with Crippen molar-refractivity contribution in [1.29, 1.82) is 0 Å².